The van der Waals surface area contributed by atoms with E-state index in [1.165, 1.54) is 11.9 Å². The Kier molecular flexibility index (Phi) is 4.98. The van der Waals surface area contributed by atoms with E-state index < -0.39 is 0 Å². The number of benzene rings is 3. The standard InChI is InChI=1S/C24H20N4O2/c1-2-7-20(8-3-1)30-21-11-9-18(10-12-21)27-23-14-24(26-16-25-23)28-19-6-4-5-17(13-19)22-15-29-22/h1-14,16,22H,15H2,(H2,25,26,27,28). The molecule has 5 rings (SSSR count). The Labute approximate surface area is 174 Å². The molecule has 2 heterocycles. The van der Waals surface area contributed by atoms with Gasteiger partial charge in [-0.1, -0.05) is 30.3 Å². The van der Waals surface area contributed by atoms with Gasteiger partial charge in [0.1, 0.15) is 35.6 Å². The minimum Gasteiger partial charge on any atom is -0.457 e. The van der Waals surface area contributed by atoms with Crippen molar-refractivity contribution < 1.29 is 9.47 Å². The van der Waals surface area contributed by atoms with Gasteiger partial charge in [-0.05, 0) is 54.1 Å². The maximum Gasteiger partial charge on any atom is 0.135 e. The molecule has 1 unspecified atom stereocenters. The molecule has 3 aromatic carbocycles. The van der Waals surface area contributed by atoms with Crippen molar-refractivity contribution in [2.75, 3.05) is 17.2 Å². The van der Waals surface area contributed by atoms with Crippen LogP contribution in [0.25, 0.3) is 0 Å². The van der Waals surface area contributed by atoms with Crippen molar-refractivity contribution >= 4 is 23.0 Å². The fourth-order valence-electron chi connectivity index (χ4n) is 3.08. The highest BCUT2D eigenvalue weighted by Crippen LogP contribution is 2.31. The highest BCUT2D eigenvalue weighted by atomic mass is 16.6. The molecular formula is C24H20N4O2. The molecular weight excluding hydrogens is 376 g/mol. The van der Waals surface area contributed by atoms with Gasteiger partial charge in [0, 0.05) is 17.4 Å². The smallest absolute Gasteiger partial charge is 0.135 e. The Morgan fingerprint density at radius 2 is 1.43 bits per heavy atom. The first-order valence-electron chi connectivity index (χ1n) is 9.72. The summed E-state index contributed by atoms with van der Waals surface area (Å²) in [6.07, 6.45) is 1.76. The number of ether oxygens (including phenoxy) is 2. The second-order valence-corrected chi connectivity index (χ2v) is 6.93. The summed E-state index contributed by atoms with van der Waals surface area (Å²) in [5, 5.41) is 6.62. The Balaban J connectivity index is 1.25. The molecule has 1 fully saturated rings. The van der Waals surface area contributed by atoms with Crippen molar-refractivity contribution in [3.8, 4) is 11.5 Å². The van der Waals surface area contributed by atoms with Gasteiger partial charge in [-0.15, -0.1) is 0 Å². The zero-order valence-corrected chi connectivity index (χ0v) is 16.2. The third-order valence-electron chi connectivity index (χ3n) is 4.64. The average molecular weight is 396 g/mol. The van der Waals surface area contributed by atoms with Crippen LogP contribution >= 0.6 is 0 Å². The molecule has 4 aromatic rings. The fourth-order valence-corrected chi connectivity index (χ4v) is 3.08. The van der Waals surface area contributed by atoms with Gasteiger partial charge in [-0.3, -0.25) is 0 Å². The van der Waals surface area contributed by atoms with Gasteiger partial charge in [0.25, 0.3) is 0 Å². The maximum absolute atomic E-state index is 5.83. The van der Waals surface area contributed by atoms with Crippen LogP contribution in [0.1, 0.15) is 11.7 Å². The van der Waals surface area contributed by atoms with Crippen LogP contribution in [0, 0.1) is 0 Å². The number of epoxide rings is 1. The zero-order chi connectivity index (χ0) is 20.2. The molecule has 0 bridgehead atoms. The van der Waals surface area contributed by atoms with Crippen LogP contribution in [0.2, 0.25) is 0 Å². The first-order chi connectivity index (χ1) is 14.8. The number of nitrogens with zero attached hydrogens (tertiary/aromatic N) is 2. The summed E-state index contributed by atoms with van der Waals surface area (Å²) < 4.78 is 11.2. The summed E-state index contributed by atoms with van der Waals surface area (Å²) in [6.45, 7) is 0.792. The van der Waals surface area contributed by atoms with E-state index in [9.17, 15) is 0 Å². The van der Waals surface area contributed by atoms with E-state index in [1.54, 1.807) is 0 Å². The van der Waals surface area contributed by atoms with Crippen molar-refractivity contribution in [1.82, 2.24) is 9.97 Å². The lowest BCUT2D eigenvalue weighted by Crippen LogP contribution is -1.99. The fraction of sp³-hybridized carbons (Fsp3) is 0.0833. The second-order valence-electron chi connectivity index (χ2n) is 6.93. The first-order valence-corrected chi connectivity index (χ1v) is 9.72. The van der Waals surface area contributed by atoms with Crippen molar-refractivity contribution in [2.45, 2.75) is 6.10 Å². The Bertz CT molecular complexity index is 1130. The lowest BCUT2D eigenvalue weighted by atomic mass is 10.1. The monoisotopic (exact) mass is 396 g/mol. The molecule has 1 atom stereocenters. The summed E-state index contributed by atoms with van der Waals surface area (Å²) in [5.74, 6) is 3.00. The lowest BCUT2D eigenvalue weighted by molar-refractivity contribution is 0.415. The van der Waals surface area contributed by atoms with Crippen LogP contribution in [-0.2, 0) is 4.74 Å². The molecule has 2 N–H and O–H groups in total. The lowest BCUT2D eigenvalue weighted by Gasteiger charge is -2.10. The van der Waals surface area contributed by atoms with Gasteiger partial charge < -0.3 is 20.1 Å². The van der Waals surface area contributed by atoms with E-state index in [0.717, 1.165) is 29.5 Å². The molecule has 1 aromatic heterocycles. The highest BCUT2D eigenvalue weighted by Gasteiger charge is 2.24. The van der Waals surface area contributed by atoms with E-state index in [-0.39, 0.29) is 6.10 Å². The Morgan fingerprint density at radius 1 is 0.733 bits per heavy atom. The second kappa shape index (κ2) is 8.23. The van der Waals surface area contributed by atoms with Crippen molar-refractivity contribution in [1.29, 1.82) is 0 Å². The Morgan fingerprint density at radius 3 is 2.17 bits per heavy atom. The van der Waals surface area contributed by atoms with E-state index in [4.69, 9.17) is 9.47 Å². The van der Waals surface area contributed by atoms with Crippen LogP contribution in [0.3, 0.4) is 0 Å². The summed E-state index contributed by atoms with van der Waals surface area (Å²) in [5.41, 5.74) is 3.05. The average Bonchev–Trinajstić information content (AvgIpc) is 3.62. The molecule has 0 aliphatic carbocycles. The number of anilines is 4. The zero-order valence-electron chi connectivity index (χ0n) is 16.2. The molecule has 1 aliphatic heterocycles. The van der Waals surface area contributed by atoms with Crippen LogP contribution in [-0.4, -0.2) is 16.6 Å². The van der Waals surface area contributed by atoms with Crippen LogP contribution in [0.4, 0.5) is 23.0 Å². The van der Waals surface area contributed by atoms with Crippen LogP contribution in [0.5, 0.6) is 11.5 Å². The third kappa shape index (κ3) is 4.56. The highest BCUT2D eigenvalue weighted by molar-refractivity contribution is 5.63. The van der Waals surface area contributed by atoms with E-state index >= 15 is 0 Å². The van der Waals surface area contributed by atoms with Gasteiger partial charge in [0.05, 0.1) is 6.61 Å². The van der Waals surface area contributed by atoms with Gasteiger partial charge >= 0.3 is 0 Å². The predicted molar refractivity (Wildman–Crippen MR) is 117 cm³/mol. The molecule has 30 heavy (non-hydrogen) atoms. The molecule has 0 spiro atoms. The molecule has 0 saturated carbocycles. The van der Waals surface area contributed by atoms with Crippen molar-refractivity contribution in [3.05, 3.63) is 96.8 Å². The SMILES string of the molecule is c1ccc(Oc2ccc(Nc3cc(Nc4cccc(C5CO5)c4)ncn3)cc2)cc1. The molecule has 0 amide bonds. The Hall–Kier alpha value is -3.90. The summed E-state index contributed by atoms with van der Waals surface area (Å²) >= 11 is 0. The summed E-state index contributed by atoms with van der Waals surface area (Å²) in [6, 6.07) is 27.5. The largest absolute Gasteiger partial charge is 0.457 e. The topological polar surface area (TPSA) is 71.6 Å². The molecule has 0 radical (unpaired) electrons. The van der Waals surface area contributed by atoms with Crippen LogP contribution < -0.4 is 15.4 Å². The number of para-hydroxylation sites is 1. The van der Waals surface area contributed by atoms with Crippen LogP contribution in [0.15, 0.2) is 91.3 Å². The minimum atomic E-state index is 0.225. The van der Waals surface area contributed by atoms with Gasteiger partial charge in [-0.2, -0.15) is 0 Å². The van der Waals surface area contributed by atoms with Crippen molar-refractivity contribution in [2.24, 2.45) is 0 Å². The van der Waals surface area contributed by atoms with Gasteiger partial charge in [0.2, 0.25) is 0 Å². The number of rotatable bonds is 7. The summed E-state index contributed by atoms with van der Waals surface area (Å²) in [7, 11) is 0. The first kappa shape index (κ1) is 18.1. The molecule has 6 nitrogen and oxygen atoms in total. The molecule has 1 aliphatic rings. The van der Waals surface area contributed by atoms with E-state index in [1.807, 2.05) is 72.8 Å². The van der Waals surface area contributed by atoms with Gasteiger partial charge in [-0.25, -0.2) is 9.97 Å². The van der Waals surface area contributed by atoms with E-state index in [0.29, 0.717) is 11.6 Å². The quantitative estimate of drug-likeness (QED) is 0.383. The number of hydrogen-bond acceptors (Lipinski definition) is 6. The molecule has 6 heteroatoms. The van der Waals surface area contributed by atoms with E-state index in [2.05, 4.69) is 32.7 Å². The minimum absolute atomic E-state index is 0.225. The maximum atomic E-state index is 5.83. The van der Waals surface area contributed by atoms with Gasteiger partial charge in [0.15, 0.2) is 0 Å². The predicted octanol–water partition coefficient (Wildman–Crippen LogP) is 5.83. The third-order valence-corrected chi connectivity index (χ3v) is 4.64. The summed E-state index contributed by atoms with van der Waals surface area (Å²) in [4.78, 5) is 8.62. The number of aromatic nitrogens is 2. The number of hydrogen-bond donors (Lipinski definition) is 2. The van der Waals surface area contributed by atoms with Crippen molar-refractivity contribution in [3.63, 3.8) is 0 Å². The molecule has 148 valence electrons. The molecule has 1 saturated heterocycles. The number of nitrogens with one attached hydrogen (secondary N) is 2. The normalized spacial score (nSPS) is 14.7.